The number of ketones is 2. The summed E-state index contributed by atoms with van der Waals surface area (Å²) in [5.41, 5.74) is 0. The third-order valence-corrected chi connectivity index (χ3v) is 2.78. The Morgan fingerprint density at radius 2 is 1.35 bits per heavy atom. The van der Waals surface area contributed by atoms with E-state index in [1.807, 2.05) is 0 Å². The monoisotopic (exact) mass is 242 g/mol. The minimum Gasteiger partial charge on any atom is -0.376 e. The first-order valence-electron chi connectivity index (χ1n) is 6.12. The van der Waals surface area contributed by atoms with E-state index in [0.29, 0.717) is 25.0 Å². The van der Waals surface area contributed by atoms with Gasteiger partial charge in [-0.25, -0.2) is 0 Å². The third-order valence-electron chi connectivity index (χ3n) is 2.78. The zero-order valence-electron chi connectivity index (χ0n) is 9.85. The standard InChI is InChI=1S/C6H10O3.C6H8O2/c1(5-3-8-5)7-2-6-4-9-6;7-5-3-1-2-4-6(5)8/h5-6H,1-4H2;1-4H2. The number of ether oxygens (including phenoxy) is 3. The summed E-state index contributed by atoms with van der Waals surface area (Å²) < 4.78 is 15.1. The van der Waals surface area contributed by atoms with E-state index in [2.05, 4.69) is 0 Å². The second-order valence-corrected chi connectivity index (χ2v) is 4.50. The molecule has 0 N–H and O–H groups in total. The van der Waals surface area contributed by atoms with E-state index >= 15 is 0 Å². The fraction of sp³-hybridized carbons (Fsp3) is 0.833. The topological polar surface area (TPSA) is 68.4 Å². The Bertz CT molecular complexity index is 253. The quantitative estimate of drug-likeness (QED) is 0.530. The maximum Gasteiger partial charge on any atom is 0.198 e. The molecule has 2 saturated heterocycles. The minimum atomic E-state index is -0.170. The number of epoxide rings is 2. The summed E-state index contributed by atoms with van der Waals surface area (Å²) in [4.78, 5) is 20.9. The molecule has 5 heteroatoms. The Balaban J connectivity index is 0.000000128. The molecular formula is C12H18O5. The lowest BCUT2D eigenvalue weighted by Crippen LogP contribution is -2.17. The molecule has 0 aromatic heterocycles. The van der Waals surface area contributed by atoms with Gasteiger partial charge in [-0.3, -0.25) is 9.59 Å². The zero-order valence-corrected chi connectivity index (χ0v) is 9.85. The van der Waals surface area contributed by atoms with Crippen LogP contribution in [-0.2, 0) is 23.8 Å². The van der Waals surface area contributed by atoms with E-state index in [1.165, 1.54) is 0 Å². The first-order valence-corrected chi connectivity index (χ1v) is 6.12. The SMILES string of the molecule is C(OCC1CO1)C1CO1.O=C1CCCCC1=O. The summed E-state index contributed by atoms with van der Waals surface area (Å²) >= 11 is 0. The van der Waals surface area contributed by atoms with Crippen LogP contribution in [0.5, 0.6) is 0 Å². The van der Waals surface area contributed by atoms with E-state index in [4.69, 9.17) is 14.2 Å². The van der Waals surface area contributed by atoms with Gasteiger partial charge in [-0.2, -0.15) is 0 Å². The predicted octanol–water partition coefficient (Wildman–Crippen LogP) is 0.499. The molecule has 3 rings (SSSR count). The van der Waals surface area contributed by atoms with E-state index in [1.54, 1.807) is 0 Å². The molecule has 2 heterocycles. The molecule has 2 atom stereocenters. The van der Waals surface area contributed by atoms with Crippen LogP contribution in [0.4, 0.5) is 0 Å². The number of Topliss-reactive ketones (excluding diaryl/α,β-unsaturated/α-hetero) is 2. The molecule has 0 bridgehead atoms. The summed E-state index contributed by atoms with van der Waals surface area (Å²) in [6.07, 6.45) is 3.57. The molecule has 17 heavy (non-hydrogen) atoms. The van der Waals surface area contributed by atoms with Gasteiger partial charge in [-0.05, 0) is 12.8 Å². The average molecular weight is 242 g/mol. The highest BCUT2D eigenvalue weighted by Gasteiger charge is 2.26. The Morgan fingerprint density at radius 1 is 0.941 bits per heavy atom. The van der Waals surface area contributed by atoms with Crippen molar-refractivity contribution in [1.82, 2.24) is 0 Å². The molecule has 2 aliphatic heterocycles. The van der Waals surface area contributed by atoms with Crippen LogP contribution >= 0.6 is 0 Å². The normalized spacial score (nSPS) is 30.6. The molecule has 3 aliphatic rings. The van der Waals surface area contributed by atoms with Gasteiger partial charge in [0.1, 0.15) is 12.2 Å². The highest BCUT2D eigenvalue weighted by molar-refractivity contribution is 6.37. The maximum absolute atomic E-state index is 10.4. The lowest BCUT2D eigenvalue weighted by Gasteiger charge is -2.04. The number of hydrogen-bond donors (Lipinski definition) is 0. The molecule has 2 unspecified atom stereocenters. The van der Waals surface area contributed by atoms with Crippen molar-refractivity contribution >= 4 is 11.6 Å². The van der Waals surface area contributed by atoms with Crippen LogP contribution in [0.3, 0.4) is 0 Å². The van der Waals surface area contributed by atoms with Gasteiger partial charge in [-0.1, -0.05) is 0 Å². The Labute approximate surface area is 100 Å². The van der Waals surface area contributed by atoms with Gasteiger partial charge in [0.2, 0.25) is 0 Å². The molecule has 1 aliphatic carbocycles. The molecule has 3 fully saturated rings. The second-order valence-electron chi connectivity index (χ2n) is 4.50. The molecule has 96 valence electrons. The number of carbonyl (C=O) groups excluding carboxylic acids is 2. The van der Waals surface area contributed by atoms with E-state index < -0.39 is 0 Å². The zero-order chi connectivity index (χ0) is 12.1. The van der Waals surface area contributed by atoms with E-state index in [-0.39, 0.29) is 11.6 Å². The maximum atomic E-state index is 10.4. The predicted molar refractivity (Wildman–Crippen MR) is 58.8 cm³/mol. The van der Waals surface area contributed by atoms with Crippen LogP contribution in [-0.4, -0.2) is 50.2 Å². The summed E-state index contributed by atoms with van der Waals surface area (Å²) in [6.45, 7) is 3.26. The molecule has 5 nitrogen and oxygen atoms in total. The van der Waals surface area contributed by atoms with Crippen molar-refractivity contribution in [3.63, 3.8) is 0 Å². The van der Waals surface area contributed by atoms with Crippen molar-refractivity contribution in [2.75, 3.05) is 26.4 Å². The van der Waals surface area contributed by atoms with Crippen molar-refractivity contribution in [1.29, 1.82) is 0 Å². The highest BCUT2D eigenvalue weighted by Crippen LogP contribution is 2.12. The Kier molecular flexibility index (Phi) is 4.65. The van der Waals surface area contributed by atoms with Crippen LogP contribution in [0.15, 0.2) is 0 Å². The Morgan fingerprint density at radius 3 is 1.65 bits per heavy atom. The van der Waals surface area contributed by atoms with E-state index in [9.17, 15) is 9.59 Å². The second kappa shape index (κ2) is 6.23. The molecule has 0 aromatic rings. The Hall–Kier alpha value is -0.780. The van der Waals surface area contributed by atoms with Crippen molar-refractivity contribution in [3.8, 4) is 0 Å². The summed E-state index contributed by atoms with van der Waals surface area (Å²) in [6, 6.07) is 0. The van der Waals surface area contributed by atoms with Crippen LogP contribution in [0.1, 0.15) is 25.7 Å². The van der Waals surface area contributed by atoms with Crippen LogP contribution in [0.25, 0.3) is 0 Å². The first-order chi connectivity index (χ1) is 8.25. The smallest absolute Gasteiger partial charge is 0.198 e. The minimum absolute atomic E-state index is 0.170. The molecule has 0 aromatic carbocycles. The van der Waals surface area contributed by atoms with Gasteiger partial charge in [0.15, 0.2) is 11.6 Å². The number of carbonyl (C=O) groups is 2. The molecular weight excluding hydrogens is 224 g/mol. The molecule has 0 spiro atoms. The molecule has 0 radical (unpaired) electrons. The van der Waals surface area contributed by atoms with Crippen molar-refractivity contribution in [3.05, 3.63) is 0 Å². The molecule has 1 saturated carbocycles. The fourth-order valence-corrected chi connectivity index (χ4v) is 1.51. The third kappa shape index (κ3) is 5.39. The van der Waals surface area contributed by atoms with Gasteiger partial charge >= 0.3 is 0 Å². The van der Waals surface area contributed by atoms with Gasteiger partial charge in [0, 0.05) is 12.8 Å². The first kappa shape index (κ1) is 12.7. The lowest BCUT2D eigenvalue weighted by atomic mass is 9.98. The van der Waals surface area contributed by atoms with Gasteiger partial charge < -0.3 is 14.2 Å². The van der Waals surface area contributed by atoms with Crippen LogP contribution < -0.4 is 0 Å². The largest absolute Gasteiger partial charge is 0.376 e. The highest BCUT2D eigenvalue weighted by atomic mass is 16.6. The van der Waals surface area contributed by atoms with Crippen LogP contribution in [0.2, 0.25) is 0 Å². The van der Waals surface area contributed by atoms with Gasteiger partial charge in [0.25, 0.3) is 0 Å². The lowest BCUT2D eigenvalue weighted by molar-refractivity contribution is -0.137. The summed E-state index contributed by atoms with van der Waals surface area (Å²) in [5, 5.41) is 0. The summed E-state index contributed by atoms with van der Waals surface area (Å²) in [5.74, 6) is -0.340. The number of rotatable bonds is 4. The fourth-order valence-electron chi connectivity index (χ4n) is 1.51. The van der Waals surface area contributed by atoms with Gasteiger partial charge in [0.05, 0.1) is 26.4 Å². The van der Waals surface area contributed by atoms with Gasteiger partial charge in [-0.15, -0.1) is 0 Å². The van der Waals surface area contributed by atoms with E-state index in [0.717, 1.165) is 39.3 Å². The van der Waals surface area contributed by atoms with Crippen molar-refractivity contribution in [2.24, 2.45) is 0 Å². The average Bonchev–Trinajstić information content (AvgIpc) is 3.16. The summed E-state index contributed by atoms with van der Waals surface area (Å²) in [7, 11) is 0. The van der Waals surface area contributed by atoms with Crippen molar-refractivity contribution in [2.45, 2.75) is 37.9 Å². The van der Waals surface area contributed by atoms with Crippen LogP contribution in [0, 0.1) is 0 Å². The number of hydrogen-bond acceptors (Lipinski definition) is 5. The van der Waals surface area contributed by atoms with Crippen molar-refractivity contribution < 1.29 is 23.8 Å². The molecule has 0 amide bonds.